The molecule has 2 fully saturated rings. The number of rotatable bonds is 4. The lowest BCUT2D eigenvalue weighted by Gasteiger charge is -2.32. The number of halogens is 1. The Morgan fingerprint density at radius 2 is 2.00 bits per heavy atom. The van der Waals surface area contributed by atoms with Crippen LogP contribution in [0.2, 0.25) is 0 Å². The highest BCUT2D eigenvalue weighted by atomic mass is 19.1. The SMILES string of the molecule is O=C(NCC1(O)CCOCC1)[C@@H]1C[C@@H]1c1ccc(F)cc1. The first-order valence-corrected chi connectivity index (χ1v) is 7.41. The summed E-state index contributed by atoms with van der Waals surface area (Å²) >= 11 is 0. The maximum absolute atomic E-state index is 12.9. The fourth-order valence-electron chi connectivity index (χ4n) is 2.87. The molecule has 2 N–H and O–H groups in total. The van der Waals surface area contributed by atoms with Crippen LogP contribution in [0.1, 0.15) is 30.7 Å². The molecule has 1 aromatic carbocycles. The number of carbonyl (C=O) groups is 1. The molecule has 114 valence electrons. The third kappa shape index (κ3) is 3.41. The van der Waals surface area contributed by atoms with Gasteiger partial charge >= 0.3 is 0 Å². The minimum absolute atomic E-state index is 0.0239. The monoisotopic (exact) mass is 293 g/mol. The van der Waals surface area contributed by atoms with Crippen LogP contribution in [0.5, 0.6) is 0 Å². The van der Waals surface area contributed by atoms with Crippen LogP contribution in [0.25, 0.3) is 0 Å². The lowest BCUT2D eigenvalue weighted by atomic mass is 9.94. The predicted molar refractivity (Wildman–Crippen MR) is 75.3 cm³/mol. The summed E-state index contributed by atoms with van der Waals surface area (Å²) in [4.78, 5) is 12.1. The van der Waals surface area contributed by atoms with Gasteiger partial charge in [-0.2, -0.15) is 0 Å². The molecule has 1 saturated heterocycles. The van der Waals surface area contributed by atoms with E-state index in [0.29, 0.717) is 26.1 Å². The summed E-state index contributed by atoms with van der Waals surface area (Å²) in [6.07, 6.45) is 1.90. The number of amides is 1. The third-order valence-corrected chi connectivity index (χ3v) is 4.44. The van der Waals surface area contributed by atoms with Gasteiger partial charge in [0.05, 0.1) is 5.60 Å². The Bertz CT molecular complexity index is 511. The predicted octanol–water partition coefficient (Wildman–Crippen LogP) is 1.59. The molecule has 0 spiro atoms. The van der Waals surface area contributed by atoms with Crippen LogP contribution in [0, 0.1) is 11.7 Å². The smallest absolute Gasteiger partial charge is 0.223 e. The van der Waals surface area contributed by atoms with Gasteiger partial charge in [-0.15, -0.1) is 0 Å². The van der Waals surface area contributed by atoms with Crippen LogP contribution >= 0.6 is 0 Å². The highest BCUT2D eigenvalue weighted by Gasteiger charge is 2.44. The zero-order valence-electron chi connectivity index (χ0n) is 11.8. The Morgan fingerprint density at radius 1 is 1.33 bits per heavy atom. The van der Waals surface area contributed by atoms with Gasteiger partial charge in [0.15, 0.2) is 0 Å². The minimum atomic E-state index is -0.839. The Labute approximate surface area is 123 Å². The normalized spacial score (nSPS) is 27.1. The summed E-state index contributed by atoms with van der Waals surface area (Å²) in [5.74, 6) is -0.166. The van der Waals surface area contributed by atoms with Gasteiger partial charge < -0.3 is 15.2 Å². The molecule has 2 atom stereocenters. The van der Waals surface area contributed by atoms with Crippen molar-refractivity contribution in [2.24, 2.45) is 5.92 Å². The van der Waals surface area contributed by atoms with E-state index in [0.717, 1.165) is 12.0 Å². The first-order valence-electron chi connectivity index (χ1n) is 7.41. The number of aliphatic hydroxyl groups is 1. The molecule has 21 heavy (non-hydrogen) atoms. The molecule has 3 rings (SSSR count). The minimum Gasteiger partial charge on any atom is -0.388 e. The quantitative estimate of drug-likeness (QED) is 0.886. The Hall–Kier alpha value is -1.46. The van der Waals surface area contributed by atoms with E-state index in [1.807, 2.05) is 0 Å². The van der Waals surface area contributed by atoms with Gasteiger partial charge in [0, 0.05) is 38.5 Å². The van der Waals surface area contributed by atoms with Crippen molar-refractivity contribution in [1.29, 1.82) is 0 Å². The van der Waals surface area contributed by atoms with Crippen molar-refractivity contribution in [1.82, 2.24) is 5.32 Å². The van der Waals surface area contributed by atoms with Crippen LogP contribution in [0.3, 0.4) is 0 Å². The first kappa shape index (κ1) is 14.5. The topological polar surface area (TPSA) is 58.6 Å². The Balaban J connectivity index is 1.50. The zero-order chi connectivity index (χ0) is 14.9. The van der Waals surface area contributed by atoms with Gasteiger partial charge in [-0.25, -0.2) is 4.39 Å². The largest absolute Gasteiger partial charge is 0.388 e. The third-order valence-electron chi connectivity index (χ3n) is 4.44. The lowest BCUT2D eigenvalue weighted by molar-refractivity contribution is -0.125. The summed E-state index contributed by atoms with van der Waals surface area (Å²) in [6.45, 7) is 1.35. The maximum atomic E-state index is 12.9. The second kappa shape index (κ2) is 5.73. The molecule has 1 heterocycles. The lowest BCUT2D eigenvalue weighted by Crippen LogP contribution is -2.47. The van der Waals surface area contributed by atoms with Crippen LogP contribution in [0.15, 0.2) is 24.3 Å². The van der Waals surface area contributed by atoms with E-state index in [1.165, 1.54) is 12.1 Å². The second-order valence-corrected chi connectivity index (χ2v) is 6.05. The first-order chi connectivity index (χ1) is 10.1. The van der Waals surface area contributed by atoms with Crippen molar-refractivity contribution in [3.05, 3.63) is 35.6 Å². The molecule has 0 bridgehead atoms. The van der Waals surface area contributed by atoms with Crippen molar-refractivity contribution in [2.75, 3.05) is 19.8 Å². The molecule has 1 aliphatic carbocycles. The number of hydrogen-bond donors (Lipinski definition) is 2. The van der Waals surface area contributed by atoms with E-state index in [2.05, 4.69) is 5.32 Å². The molecule has 5 heteroatoms. The van der Waals surface area contributed by atoms with E-state index in [1.54, 1.807) is 12.1 Å². The zero-order valence-corrected chi connectivity index (χ0v) is 11.8. The summed E-state index contributed by atoms with van der Waals surface area (Å²) in [5.41, 5.74) is 0.162. The van der Waals surface area contributed by atoms with Gasteiger partial charge in [0.2, 0.25) is 5.91 Å². The van der Waals surface area contributed by atoms with Crippen LogP contribution in [0.4, 0.5) is 4.39 Å². The van der Waals surface area contributed by atoms with E-state index >= 15 is 0 Å². The summed E-state index contributed by atoms with van der Waals surface area (Å²) in [6, 6.07) is 6.32. The fourth-order valence-corrected chi connectivity index (χ4v) is 2.87. The number of hydrogen-bond acceptors (Lipinski definition) is 3. The van der Waals surface area contributed by atoms with Crippen molar-refractivity contribution < 1.29 is 19.0 Å². The van der Waals surface area contributed by atoms with E-state index in [4.69, 9.17) is 4.74 Å². The standard InChI is InChI=1S/C16H20FNO3/c17-12-3-1-11(2-4-12)13-9-14(13)15(19)18-10-16(20)5-7-21-8-6-16/h1-4,13-14,20H,5-10H2,(H,18,19)/t13-,14-/m1/s1. The van der Waals surface area contributed by atoms with Crippen LogP contribution < -0.4 is 5.32 Å². The molecule has 2 aliphatic rings. The van der Waals surface area contributed by atoms with Crippen LogP contribution in [-0.2, 0) is 9.53 Å². The molecule has 1 amide bonds. The van der Waals surface area contributed by atoms with Gasteiger partial charge in [0.1, 0.15) is 5.82 Å². The molecule has 0 unspecified atom stereocenters. The van der Waals surface area contributed by atoms with E-state index < -0.39 is 5.60 Å². The molecule has 1 saturated carbocycles. The van der Waals surface area contributed by atoms with Crippen molar-refractivity contribution in [3.8, 4) is 0 Å². The molecular weight excluding hydrogens is 273 g/mol. The summed E-state index contributed by atoms with van der Waals surface area (Å²) < 4.78 is 18.1. The molecule has 0 aromatic heterocycles. The summed E-state index contributed by atoms with van der Waals surface area (Å²) in [7, 11) is 0. The van der Waals surface area contributed by atoms with E-state index in [-0.39, 0.29) is 30.1 Å². The maximum Gasteiger partial charge on any atom is 0.223 e. The summed E-state index contributed by atoms with van der Waals surface area (Å²) in [5, 5.41) is 13.1. The average Bonchev–Trinajstić information content (AvgIpc) is 3.27. The van der Waals surface area contributed by atoms with Gasteiger partial charge in [-0.05, 0) is 30.0 Å². The molecule has 1 aliphatic heterocycles. The van der Waals surface area contributed by atoms with E-state index in [9.17, 15) is 14.3 Å². The van der Waals surface area contributed by atoms with Crippen molar-refractivity contribution >= 4 is 5.91 Å². The average molecular weight is 293 g/mol. The van der Waals surface area contributed by atoms with Crippen molar-refractivity contribution in [2.45, 2.75) is 30.8 Å². The second-order valence-electron chi connectivity index (χ2n) is 6.05. The number of benzene rings is 1. The number of nitrogens with one attached hydrogen (secondary N) is 1. The molecule has 0 radical (unpaired) electrons. The fraction of sp³-hybridized carbons (Fsp3) is 0.562. The Kier molecular flexibility index (Phi) is 3.95. The van der Waals surface area contributed by atoms with Gasteiger partial charge in [-0.3, -0.25) is 4.79 Å². The number of carbonyl (C=O) groups excluding carboxylic acids is 1. The highest BCUT2D eigenvalue weighted by Crippen LogP contribution is 2.47. The Morgan fingerprint density at radius 3 is 2.67 bits per heavy atom. The molecule has 1 aromatic rings. The molecular formula is C16H20FNO3. The van der Waals surface area contributed by atoms with Crippen molar-refractivity contribution in [3.63, 3.8) is 0 Å². The van der Waals surface area contributed by atoms with Gasteiger partial charge in [-0.1, -0.05) is 12.1 Å². The molecule has 4 nitrogen and oxygen atoms in total. The number of ether oxygens (including phenoxy) is 1. The van der Waals surface area contributed by atoms with Gasteiger partial charge in [0.25, 0.3) is 0 Å². The van der Waals surface area contributed by atoms with Crippen LogP contribution in [-0.4, -0.2) is 36.4 Å². The highest BCUT2D eigenvalue weighted by molar-refractivity contribution is 5.82.